The van der Waals surface area contributed by atoms with Crippen LogP contribution in [0.3, 0.4) is 0 Å². The van der Waals surface area contributed by atoms with Crippen LogP contribution in [0.2, 0.25) is 5.02 Å². The number of hydrogen-bond acceptors (Lipinski definition) is 5. The molecule has 2 aromatic carbocycles. The highest BCUT2D eigenvalue weighted by molar-refractivity contribution is 6.31. The molecule has 3 aromatic rings. The predicted molar refractivity (Wildman–Crippen MR) is 106 cm³/mol. The van der Waals surface area contributed by atoms with Gasteiger partial charge in [0.25, 0.3) is 5.91 Å². The second kappa shape index (κ2) is 9.12. The first-order chi connectivity index (χ1) is 13.2. The summed E-state index contributed by atoms with van der Waals surface area (Å²) in [5.41, 5.74) is 1.83. The molecule has 1 atom stereocenters. The summed E-state index contributed by atoms with van der Waals surface area (Å²) in [5, 5.41) is 14.6. The number of ether oxygens (including phenoxy) is 1. The largest absolute Gasteiger partial charge is 0.375 e. The van der Waals surface area contributed by atoms with Crippen LogP contribution in [0.4, 0.5) is 11.5 Å². The Kier molecular flexibility index (Phi) is 6.35. The van der Waals surface area contributed by atoms with Gasteiger partial charge in [0.05, 0.1) is 0 Å². The Balaban J connectivity index is 1.60. The number of benzene rings is 2. The van der Waals surface area contributed by atoms with Crippen molar-refractivity contribution in [2.24, 2.45) is 0 Å². The van der Waals surface area contributed by atoms with Crippen molar-refractivity contribution in [1.82, 2.24) is 10.2 Å². The number of hydrogen-bond donors (Lipinski definition) is 2. The van der Waals surface area contributed by atoms with E-state index in [1.54, 1.807) is 31.4 Å². The summed E-state index contributed by atoms with van der Waals surface area (Å²) in [7, 11) is 1.62. The Labute approximate surface area is 162 Å². The number of nitrogens with one attached hydrogen (secondary N) is 2. The molecule has 2 N–H and O–H groups in total. The van der Waals surface area contributed by atoms with E-state index in [0.29, 0.717) is 23.1 Å². The van der Waals surface area contributed by atoms with E-state index in [0.717, 1.165) is 5.56 Å². The molecular formula is C20H19ClN4O2. The Morgan fingerprint density at radius 3 is 2.44 bits per heavy atom. The van der Waals surface area contributed by atoms with Gasteiger partial charge in [-0.25, -0.2) is 0 Å². The quantitative estimate of drug-likeness (QED) is 0.641. The van der Waals surface area contributed by atoms with Gasteiger partial charge in [-0.05, 0) is 30.3 Å². The summed E-state index contributed by atoms with van der Waals surface area (Å²) < 4.78 is 5.51. The minimum absolute atomic E-state index is 0.235. The number of anilines is 2. The first-order valence-electron chi connectivity index (χ1n) is 8.38. The fourth-order valence-electron chi connectivity index (χ4n) is 2.52. The van der Waals surface area contributed by atoms with Crippen LogP contribution in [0.5, 0.6) is 0 Å². The molecule has 1 aromatic heterocycles. The lowest BCUT2D eigenvalue weighted by molar-refractivity contribution is 0.102. The highest BCUT2D eigenvalue weighted by Gasteiger charge is 2.14. The highest BCUT2D eigenvalue weighted by Crippen LogP contribution is 2.25. The molecule has 138 valence electrons. The zero-order chi connectivity index (χ0) is 19.1. The Bertz CT molecular complexity index is 888. The second-order valence-corrected chi connectivity index (χ2v) is 6.16. The molecule has 3 rings (SSSR count). The summed E-state index contributed by atoms with van der Waals surface area (Å²) in [6.45, 7) is 0.463. The number of aromatic nitrogens is 2. The normalized spacial score (nSPS) is 11.6. The van der Waals surface area contributed by atoms with Gasteiger partial charge >= 0.3 is 0 Å². The summed E-state index contributed by atoms with van der Waals surface area (Å²) in [6.07, 6.45) is -0.235. The molecule has 1 amide bonds. The van der Waals surface area contributed by atoms with Crippen molar-refractivity contribution >= 4 is 29.0 Å². The number of methoxy groups -OCH3 is 1. The first kappa shape index (κ1) is 18.8. The average molecular weight is 383 g/mol. The van der Waals surface area contributed by atoms with E-state index in [1.165, 1.54) is 0 Å². The smallest absolute Gasteiger partial charge is 0.276 e. The van der Waals surface area contributed by atoms with E-state index in [1.807, 2.05) is 42.5 Å². The van der Waals surface area contributed by atoms with E-state index >= 15 is 0 Å². The molecule has 0 fully saturated rings. The van der Waals surface area contributed by atoms with Crippen molar-refractivity contribution in [1.29, 1.82) is 0 Å². The molecule has 1 heterocycles. The second-order valence-electron chi connectivity index (χ2n) is 5.75. The Morgan fingerprint density at radius 1 is 1.04 bits per heavy atom. The Hall–Kier alpha value is -2.96. The van der Waals surface area contributed by atoms with E-state index < -0.39 is 0 Å². The number of nitrogens with zero attached hydrogens (tertiary/aromatic N) is 2. The van der Waals surface area contributed by atoms with E-state index in [9.17, 15) is 4.79 Å². The zero-order valence-corrected chi connectivity index (χ0v) is 15.5. The van der Waals surface area contributed by atoms with E-state index in [-0.39, 0.29) is 17.7 Å². The van der Waals surface area contributed by atoms with Gasteiger partial charge in [0.2, 0.25) is 0 Å². The summed E-state index contributed by atoms with van der Waals surface area (Å²) in [6, 6.07) is 20.0. The molecule has 6 nitrogen and oxygen atoms in total. The number of amides is 1. The molecule has 0 saturated heterocycles. The third kappa shape index (κ3) is 5.03. The minimum Gasteiger partial charge on any atom is -0.375 e. The minimum atomic E-state index is -0.314. The van der Waals surface area contributed by atoms with Gasteiger partial charge in [-0.2, -0.15) is 0 Å². The van der Waals surface area contributed by atoms with Crippen LogP contribution in [0.1, 0.15) is 22.2 Å². The van der Waals surface area contributed by atoms with Crippen LogP contribution in [0, 0.1) is 0 Å². The van der Waals surface area contributed by atoms with Crippen LogP contribution in [-0.4, -0.2) is 29.8 Å². The molecule has 1 unspecified atom stereocenters. The third-order valence-electron chi connectivity index (χ3n) is 3.93. The van der Waals surface area contributed by atoms with Gasteiger partial charge in [0, 0.05) is 29.9 Å². The van der Waals surface area contributed by atoms with Crippen LogP contribution in [0.15, 0.2) is 66.7 Å². The number of carbonyl (C=O) groups is 1. The van der Waals surface area contributed by atoms with Gasteiger partial charge < -0.3 is 15.4 Å². The topological polar surface area (TPSA) is 76.1 Å². The third-order valence-corrected chi connectivity index (χ3v) is 4.28. The molecule has 7 heteroatoms. The number of para-hydroxylation sites is 1. The molecule has 0 saturated carbocycles. The fourth-order valence-corrected chi connectivity index (χ4v) is 2.78. The Morgan fingerprint density at radius 2 is 1.78 bits per heavy atom. The lowest BCUT2D eigenvalue weighted by Gasteiger charge is -2.18. The molecule has 0 aliphatic carbocycles. The van der Waals surface area contributed by atoms with Crippen molar-refractivity contribution in [2.75, 3.05) is 24.3 Å². The van der Waals surface area contributed by atoms with Gasteiger partial charge in [0.15, 0.2) is 5.69 Å². The van der Waals surface area contributed by atoms with Crippen molar-refractivity contribution < 1.29 is 9.53 Å². The van der Waals surface area contributed by atoms with Crippen molar-refractivity contribution in [2.45, 2.75) is 6.10 Å². The first-order valence-corrected chi connectivity index (χ1v) is 8.76. The molecule has 27 heavy (non-hydrogen) atoms. The van der Waals surface area contributed by atoms with Crippen LogP contribution >= 0.6 is 11.6 Å². The SMILES string of the molecule is COC(CNc1ccc(C(=O)Nc2ccccc2)nn1)c1ccccc1Cl. The molecule has 0 aliphatic heterocycles. The maximum absolute atomic E-state index is 12.2. The monoisotopic (exact) mass is 382 g/mol. The molecule has 0 spiro atoms. The van der Waals surface area contributed by atoms with Crippen LogP contribution in [0.25, 0.3) is 0 Å². The highest BCUT2D eigenvalue weighted by atomic mass is 35.5. The zero-order valence-electron chi connectivity index (χ0n) is 14.7. The predicted octanol–water partition coefficient (Wildman–Crippen LogP) is 4.18. The maximum atomic E-state index is 12.2. The van der Waals surface area contributed by atoms with Crippen molar-refractivity contribution in [3.8, 4) is 0 Å². The summed E-state index contributed by atoms with van der Waals surface area (Å²) in [4.78, 5) is 12.2. The molecule has 0 aliphatic rings. The number of halogens is 1. The fraction of sp³-hybridized carbons (Fsp3) is 0.150. The lowest BCUT2D eigenvalue weighted by atomic mass is 10.1. The molecule has 0 bridgehead atoms. The number of carbonyl (C=O) groups excluding carboxylic acids is 1. The van der Waals surface area contributed by atoms with E-state index in [2.05, 4.69) is 20.8 Å². The van der Waals surface area contributed by atoms with Gasteiger partial charge in [-0.15, -0.1) is 10.2 Å². The van der Waals surface area contributed by atoms with Gasteiger partial charge in [-0.3, -0.25) is 4.79 Å². The van der Waals surface area contributed by atoms with E-state index in [4.69, 9.17) is 16.3 Å². The van der Waals surface area contributed by atoms with Crippen LogP contribution in [-0.2, 0) is 4.74 Å². The van der Waals surface area contributed by atoms with Crippen LogP contribution < -0.4 is 10.6 Å². The van der Waals surface area contributed by atoms with Gasteiger partial charge in [-0.1, -0.05) is 48.0 Å². The number of rotatable bonds is 7. The standard InChI is InChI=1S/C20H19ClN4O2/c1-27-18(15-9-5-6-10-16(15)21)13-22-19-12-11-17(24-25-19)20(26)23-14-7-3-2-4-8-14/h2-12,18H,13H2,1H3,(H,22,25)(H,23,26). The summed E-state index contributed by atoms with van der Waals surface area (Å²) >= 11 is 6.22. The average Bonchev–Trinajstić information content (AvgIpc) is 2.71. The van der Waals surface area contributed by atoms with Gasteiger partial charge in [0.1, 0.15) is 11.9 Å². The lowest BCUT2D eigenvalue weighted by Crippen LogP contribution is -2.17. The maximum Gasteiger partial charge on any atom is 0.276 e. The molecule has 0 radical (unpaired) electrons. The molecular weight excluding hydrogens is 364 g/mol. The van der Waals surface area contributed by atoms with Crippen molar-refractivity contribution in [3.63, 3.8) is 0 Å². The van der Waals surface area contributed by atoms with Crippen molar-refractivity contribution in [3.05, 3.63) is 83.0 Å². The summed E-state index contributed by atoms with van der Waals surface area (Å²) in [5.74, 6) is 0.228.